The zero-order valence-electron chi connectivity index (χ0n) is 18.7. The smallest absolute Gasteiger partial charge is 0.219 e. The first-order chi connectivity index (χ1) is 15.9. The van der Waals surface area contributed by atoms with E-state index in [1.54, 1.807) is 30.0 Å². The highest BCUT2D eigenvalue weighted by Crippen LogP contribution is 2.41. The average Bonchev–Trinajstić information content (AvgIpc) is 3.34. The molecule has 3 aromatic rings. The van der Waals surface area contributed by atoms with Crippen LogP contribution >= 0.6 is 0 Å². The molecule has 1 aliphatic carbocycles. The van der Waals surface area contributed by atoms with Gasteiger partial charge in [0.05, 0.1) is 23.4 Å². The number of carbonyl (C=O) groups excluding carboxylic acids is 1. The highest BCUT2D eigenvalue weighted by molar-refractivity contribution is 5.75. The molecule has 0 saturated heterocycles. The lowest BCUT2D eigenvalue weighted by Crippen LogP contribution is -2.35. The van der Waals surface area contributed by atoms with Gasteiger partial charge < -0.3 is 10.0 Å². The quantitative estimate of drug-likeness (QED) is 0.670. The summed E-state index contributed by atoms with van der Waals surface area (Å²) in [5.74, 6) is -0.318. The number of amides is 1. The van der Waals surface area contributed by atoms with Gasteiger partial charge in [-0.25, -0.2) is 4.39 Å². The molecule has 0 radical (unpaired) electrons. The number of aliphatic hydroxyl groups excluding tert-OH is 1. The Kier molecular flexibility index (Phi) is 5.26. The van der Waals surface area contributed by atoms with Gasteiger partial charge >= 0.3 is 0 Å². The van der Waals surface area contributed by atoms with Crippen molar-refractivity contribution in [1.82, 2.24) is 14.7 Å². The fourth-order valence-electron chi connectivity index (χ4n) is 5.28. The molecule has 5 rings (SSSR count). The second-order valence-corrected chi connectivity index (χ2v) is 8.80. The zero-order chi connectivity index (χ0) is 23.3. The van der Waals surface area contributed by atoms with Crippen LogP contribution in [0, 0.1) is 17.1 Å². The van der Waals surface area contributed by atoms with Crippen LogP contribution < -0.4 is 0 Å². The molecule has 168 valence electrons. The number of aromatic nitrogens is 2. The molecule has 0 bridgehead atoms. The maximum Gasteiger partial charge on any atom is 0.219 e. The van der Waals surface area contributed by atoms with Gasteiger partial charge in [-0.1, -0.05) is 19.1 Å². The number of hydrogen-bond acceptors (Lipinski definition) is 4. The van der Waals surface area contributed by atoms with E-state index in [4.69, 9.17) is 5.10 Å². The fraction of sp³-hybridized carbons (Fsp3) is 0.346. The van der Waals surface area contributed by atoms with E-state index in [1.165, 1.54) is 6.07 Å². The van der Waals surface area contributed by atoms with E-state index >= 15 is 0 Å². The Bertz CT molecular complexity index is 1310. The molecule has 1 N–H and O–H groups in total. The van der Waals surface area contributed by atoms with Crippen molar-refractivity contribution in [3.05, 3.63) is 75.7 Å². The van der Waals surface area contributed by atoms with Crippen LogP contribution in [0.15, 0.2) is 36.4 Å². The Balaban J connectivity index is 1.70. The second-order valence-electron chi connectivity index (χ2n) is 8.80. The number of nitrogens with zero attached hydrogens (tertiary/aromatic N) is 4. The van der Waals surface area contributed by atoms with Gasteiger partial charge in [-0.05, 0) is 47.4 Å². The van der Waals surface area contributed by atoms with Crippen LogP contribution in [0.3, 0.4) is 0 Å². The molecule has 0 fully saturated rings. The largest absolute Gasteiger partial charge is 0.390 e. The summed E-state index contributed by atoms with van der Waals surface area (Å²) in [6, 6.07) is 12.0. The van der Waals surface area contributed by atoms with E-state index in [0.717, 1.165) is 33.5 Å². The number of aryl methyl sites for hydroxylation is 1. The van der Waals surface area contributed by atoms with Gasteiger partial charge in [-0.3, -0.25) is 9.48 Å². The predicted molar refractivity (Wildman–Crippen MR) is 121 cm³/mol. The molecule has 1 amide bonds. The summed E-state index contributed by atoms with van der Waals surface area (Å²) in [4.78, 5) is 13.9. The van der Waals surface area contributed by atoms with Crippen molar-refractivity contribution < 1.29 is 14.3 Å². The topological polar surface area (TPSA) is 82.2 Å². The van der Waals surface area contributed by atoms with E-state index in [9.17, 15) is 19.6 Å². The van der Waals surface area contributed by atoms with Crippen LogP contribution in [0.2, 0.25) is 0 Å². The van der Waals surface area contributed by atoms with Gasteiger partial charge in [0, 0.05) is 49.7 Å². The summed E-state index contributed by atoms with van der Waals surface area (Å²) < 4.78 is 16.3. The second kappa shape index (κ2) is 8.13. The Morgan fingerprint density at radius 1 is 1.30 bits per heavy atom. The minimum atomic E-state index is -0.722. The van der Waals surface area contributed by atoms with Gasteiger partial charge in [0.2, 0.25) is 5.91 Å². The maximum atomic E-state index is 14.5. The molecule has 2 aliphatic rings. The van der Waals surface area contributed by atoms with E-state index in [2.05, 4.69) is 6.07 Å². The third-order valence-electron chi connectivity index (χ3n) is 6.88. The molecule has 33 heavy (non-hydrogen) atoms. The van der Waals surface area contributed by atoms with E-state index in [1.807, 2.05) is 23.7 Å². The molecule has 2 aromatic carbocycles. The maximum absolute atomic E-state index is 14.5. The highest BCUT2D eigenvalue weighted by atomic mass is 19.1. The zero-order valence-corrected chi connectivity index (χ0v) is 18.7. The first-order valence-electron chi connectivity index (χ1n) is 11.3. The number of hydrogen-bond donors (Lipinski definition) is 1. The summed E-state index contributed by atoms with van der Waals surface area (Å²) >= 11 is 0. The van der Waals surface area contributed by atoms with Crippen LogP contribution in [0.1, 0.15) is 53.4 Å². The first kappa shape index (κ1) is 21.4. The number of halogens is 1. The molecule has 1 aromatic heterocycles. The Hall–Kier alpha value is -3.50. The van der Waals surface area contributed by atoms with Crippen molar-refractivity contribution in [1.29, 1.82) is 5.26 Å². The number of benzene rings is 2. The van der Waals surface area contributed by atoms with Gasteiger partial charge in [-0.2, -0.15) is 10.4 Å². The summed E-state index contributed by atoms with van der Waals surface area (Å²) in [7, 11) is 0. The van der Waals surface area contributed by atoms with Crippen LogP contribution in [-0.4, -0.2) is 38.3 Å². The lowest BCUT2D eigenvalue weighted by Gasteiger charge is -2.28. The summed E-state index contributed by atoms with van der Waals surface area (Å²) in [5.41, 5.74) is 6.55. The van der Waals surface area contributed by atoms with Crippen molar-refractivity contribution in [2.75, 3.05) is 6.54 Å². The van der Waals surface area contributed by atoms with Crippen molar-refractivity contribution in [3.63, 3.8) is 0 Å². The lowest BCUT2D eigenvalue weighted by atomic mass is 9.98. The van der Waals surface area contributed by atoms with Crippen LogP contribution in [0.25, 0.3) is 11.3 Å². The number of nitriles is 1. The van der Waals surface area contributed by atoms with Crippen molar-refractivity contribution >= 4 is 5.91 Å². The SMILES string of the molecule is CCc1cc(F)cc2c1CC(O)C2n1nc(-c2cccc(C#N)c2)c2c1CCN(C(C)=O)C2. The molecular weight excluding hydrogens is 419 g/mol. The number of aliphatic hydroxyl groups is 1. The van der Waals surface area contributed by atoms with Crippen LogP contribution in [-0.2, 0) is 30.6 Å². The monoisotopic (exact) mass is 444 g/mol. The number of fused-ring (bicyclic) bond motifs is 2. The van der Waals surface area contributed by atoms with Gasteiger partial charge in [-0.15, -0.1) is 0 Å². The van der Waals surface area contributed by atoms with Crippen molar-refractivity contribution in [2.45, 2.75) is 51.8 Å². The molecule has 2 atom stereocenters. The van der Waals surface area contributed by atoms with Crippen LogP contribution in [0.5, 0.6) is 0 Å². The summed E-state index contributed by atoms with van der Waals surface area (Å²) in [6.45, 7) is 4.51. The minimum absolute atomic E-state index is 0.00830. The molecule has 1 aliphatic heterocycles. The first-order valence-corrected chi connectivity index (χ1v) is 11.3. The molecule has 2 heterocycles. The molecule has 0 spiro atoms. The van der Waals surface area contributed by atoms with E-state index in [0.29, 0.717) is 43.6 Å². The van der Waals surface area contributed by atoms with E-state index < -0.39 is 12.1 Å². The van der Waals surface area contributed by atoms with Crippen molar-refractivity contribution in [2.24, 2.45) is 0 Å². The van der Waals surface area contributed by atoms with Gasteiger partial charge in [0.1, 0.15) is 11.9 Å². The van der Waals surface area contributed by atoms with E-state index in [-0.39, 0.29) is 11.7 Å². The predicted octanol–water partition coefficient (Wildman–Crippen LogP) is 3.53. The Labute approximate surface area is 191 Å². The molecule has 2 unspecified atom stereocenters. The number of carbonyl (C=O) groups is 1. The standard InChI is InChI=1S/C26H25FN4O2/c1-3-17-10-19(27)11-21-20(17)12-24(33)26(21)31-23-7-8-30(15(2)32)14-22(23)25(29-31)18-6-4-5-16(9-18)13-28/h4-6,9-11,24,26,33H,3,7-8,12,14H2,1-2H3. The molecule has 6 nitrogen and oxygen atoms in total. The lowest BCUT2D eigenvalue weighted by molar-refractivity contribution is -0.129. The summed E-state index contributed by atoms with van der Waals surface area (Å²) in [5, 5.41) is 25.4. The third kappa shape index (κ3) is 3.51. The fourth-order valence-corrected chi connectivity index (χ4v) is 5.28. The van der Waals surface area contributed by atoms with Gasteiger partial charge in [0.25, 0.3) is 0 Å². The third-order valence-corrected chi connectivity index (χ3v) is 6.88. The average molecular weight is 445 g/mol. The Morgan fingerprint density at radius 3 is 2.85 bits per heavy atom. The molecular formula is C26H25FN4O2. The highest BCUT2D eigenvalue weighted by Gasteiger charge is 2.38. The van der Waals surface area contributed by atoms with Crippen molar-refractivity contribution in [3.8, 4) is 17.3 Å². The normalized spacial score (nSPS) is 19.2. The summed E-state index contributed by atoms with van der Waals surface area (Å²) in [6.07, 6.45) is 1.02. The molecule has 0 saturated carbocycles. The van der Waals surface area contributed by atoms with Gasteiger partial charge in [0.15, 0.2) is 0 Å². The molecule has 7 heteroatoms. The number of rotatable bonds is 3. The van der Waals surface area contributed by atoms with Crippen LogP contribution in [0.4, 0.5) is 4.39 Å². The Morgan fingerprint density at radius 2 is 2.12 bits per heavy atom. The minimum Gasteiger partial charge on any atom is -0.390 e.